The van der Waals surface area contributed by atoms with Gasteiger partial charge >= 0.3 is 0 Å². The third-order valence-corrected chi connectivity index (χ3v) is 1.94. The van der Waals surface area contributed by atoms with Crippen LogP contribution in [0, 0.1) is 0 Å². The molecule has 0 saturated carbocycles. The Labute approximate surface area is 81.5 Å². The summed E-state index contributed by atoms with van der Waals surface area (Å²) in [5.41, 5.74) is 2.50. The van der Waals surface area contributed by atoms with Crippen LogP contribution in [0.1, 0.15) is 6.92 Å². The first-order valence-electron chi connectivity index (χ1n) is 3.93. The zero-order valence-corrected chi connectivity index (χ0v) is 8.48. The maximum atomic E-state index is 5.26. The molecule has 72 valence electrons. The number of hydrazine groups is 1. The summed E-state index contributed by atoms with van der Waals surface area (Å²) in [6.45, 7) is 2.84. The highest BCUT2D eigenvalue weighted by Crippen LogP contribution is 2.15. The minimum absolute atomic E-state index is 0.621. The normalized spacial score (nSPS) is 9.77. The maximum absolute atomic E-state index is 5.26. The van der Waals surface area contributed by atoms with Gasteiger partial charge in [-0.05, 0) is 13.2 Å². The molecule has 1 aromatic heterocycles. The van der Waals surface area contributed by atoms with Crippen LogP contribution in [0.25, 0.3) is 0 Å². The first-order chi connectivity index (χ1) is 6.30. The van der Waals surface area contributed by atoms with Gasteiger partial charge in [-0.15, -0.1) is 0 Å². The minimum Gasteiger partial charge on any atom is -0.370 e. The van der Waals surface area contributed by atoms with E-state index >= 15 is 0 Å². The lowest BCUT2D eigenvalue weighted by Gasteiger charge is -2.06. The van der Waals surface area contributed by atoms with Crippen LogP contribution in [-0.2, 0) is 0 Å². The molecule has 0 fully saturated rings. The van der Waals surface area contributed by atoms with Gasteiger partial charge in [0.2, 0.25) is 0 Å². The van der Waals surface area contributed by atoms with Crippen LogP contribution in [0.2, 0.25) is 0 Å². The van der Waals surface area contributed by atoms with E-state index in [2.05, 4.69) is 20.7 Å². The summed E-state index contributed by atoms with van der Waals surface area (Å²) in [5.74, 6) is 6.67. The molecule has 0 bridgehead atoms. The summed E-state index contributed by atoms with van der Waals surface area (Å²) in [5, 5.41) is 3.80. The lowest BCUT2D eigenvalue weighted by molar-refractivity contribution is 0.959. The monoisotopic (exact) mass is 199 g/mol. The van der Waals surface area contributed by atoms with E-state index in [0.29, 0.717) is 11.0 Å². The predicted molar refractivity (Wildman–Crippen MR) is 55.8 cm³/mol. The Kier molecular flexibility index (Phi) is 3.78. The Morgan fingerprint density at radius 2 is 2.15 bits per heavy atom. The van der Waals surface area contributed by atoms with Gasteiger partial charge in [0, 0.05) is 12.6 Å². The number of rotatable bonds is 4. The van der Waals surface area contributed by atoms with Crippen LogP contribution in [0.3, 0.4) is 0 Å². The Morgan fingerprint density at radius 1 is 1.46 bits per heavy atom. The van der Waals surface area contributed by atoms with Crippen molar-refractivity contribution in [1.29, 1.82) is 0 Å². The van der Waals surface area contributed by atoms with Gasteiger partial charge in [-0.1, -0.05) is 11.8 Å². The van der Waals surface area contributed by atoms with Crippen molar-refractivity contribution in [3.8, 4) is 0 Å². The SMILES string of the molecule is CCNc1cc(NN)nc(SC)n1. The molecule has 0 aromatic carbocycles. The topological polar surface area (TPSA) is 75.9 Å². The highest BCUT2D eigenvalue weighted by molar-refractivity contribution is 7.98. The van der Waals surface area contributed by atoms with Crippen molar-refractivity contribution >= 4 is 23.4 Å². The lowest BCUT2D eigenvalue weighted by atomic mass is 10.5. The van der Waals surface area contributed by atoms with E-state index in [1.54, 1.807) is 6.07 Å². The molecule has 1 heterocycles. The first kappa shape index (κ1) is 10.1. The molecule has 0 radical (unpaired) electrons. The molecular formula is C7H13N5S. The molecule has 4 N–H and O–H groups in total. The van der Waals surface area contributed by atoms with E-state index in [9.17, 15) is 0 Å². The molecule has 0 unspecified atom stereocenters. The van der Waals surface area contributed by atoms with Gasteiger partial charge in [0.05, 0.1) is 0 Å². The van der Waals surface area contributed by atoms with Crippen LogP contribution < -0.4 is 16.6 Å². The molecule has 0 saturated heterocycles. The van der Waals surface area contributed by atoms with Gasteiger partial charge in [-0.3, -0.25) is 0 Å². The molecule has 6 heteroatoms. The summed E-state index contributed by atoms with van der Waals surface area (Å²) in [7, 11) is 0. The molecule has 1 rings (SSSR count). The molecule has 0 aliphatic heterocycles. The number of nitrogen functional groups attached to an aromatic ring is 1. The van der Waals surface area contributed by atoms with E-state index in [1.165, 1.54) is 11.8 Å². The van der Waals surface area contributed by atoms with Crippen LogP contribution >= 0.6 is 11.8 Å². The molecule has 0 amide bonds. The molecule has 0 spiro atoms. The smallest absolute Gasteiger partial charge is 0.191 e. The third kappa shape index (κ3) is 2.74. The number of hydrogen-bond donors (Lipinski definition) is 3. The fourth-order valence-electron chi connectivity index (χ4n) is 0.862. The zero-order chi connectivity index (χ0) is 9.68. The molecule has 0 aliphatic carbocycles. The highest BCUT2D eigenvalue weighted by Gasteiger charge is 2.01. The van der Waals surface area contributed by atoms with Crippen LogP contribution in [0.4, 0.5) is 11.6 Å². The summed E-state index contributed by atoms with van der Waals surface area (Å²) >= 11 is 1.48. The van der Waals surface area contributed by atoms with E-state index in [4.69, 9.17) is 5.84 Å². The number of nitrogens with zero attached hydrogens (tertiary/aromatic N) is 2. The second-order valence-corrected chi connectivity index (χ2v) is 3.07. The first-order valence-corrected chi connectivity index (χ1v) is 5.16. The molecule has 0 aliphatic rings. The maximum Gasteiger partial charge on any atom is 0.191 e. The van der Waals surface area contributed by atoms with Crippen molar-refractivity contribution in [2.24, 2.45) is 5.84 Å². The second-order valence-electron chi connectivity index (χ2n) is 2.30. The summed E-state index contributed by atoms with van der Waals surface area (Å²) in [4.78, 5) is 8.36. The third-order valence-electron chi connectivity index (χ3n) is 1.39. The van der Waals surface area contributed by atoms with Gasteiger partial charge < -0.3 is 10.7 Å². The van der Waals surface area contributed by atoms with Crippen molar-refractivity contribution in [3.05, 3.63) is 6.07 Å². The quantitative estimate of drug-likeness (QED) is 0.290. The standard InChI is InChI=1S/C7H13N5S/c1-3-9-5-4-6(12-8)11-7(10-5)13-2/h4H,3,8H2,1-2H3,(H2,9,10,11,12). The summed E-state index contributed by atoms with van der Waals surface area (Å²) in [6.07, 6.45) is 1.92. The van der Waals surface area contributed by atoms with Crippen molar-refractivity contribution < 1.29 is 0 Å². The molecule has 1 aromatic rings. The number of nitrogens with one attached hydrogen (secondary N) is 2. The average Bonchev–Trinajstić information content (AvgIpc) is 2.17. The van der Waals surface area contributed by atoms with Gasteiger partial charge in [-0.25, -0.2) is 15.8 Å². The van der Waals surface area contributed by atoms with Crippen LogP contribution in [0.15, 0.2) is 11.2 Å². The van der Waals surface area contributed by atoms with Crippen molar-refractivity contribution in [1.82, 2.24) is 9.97 Å². The summed E-state index contributed by atoms with van der Waals surface area (Å²) < 4.78 is 0. The van der Waals surface area contributed by atoms with Gasteiger partial charge in [0.15, 0.2) is 5.16 Å². The Morgan fingerprint density at radius 3 is 2.69 bits per heavy atom. The predicted octanol–water partition coefficient (Wildman–Crippen LogP) is 0.916. The van der Waals surface area contributed by atoms with E-state index < -0.39 is 0 Å². The fraction of sp³-hybridized carbons (Fsp3) is 0.429. The lowest BCUT2D eigenvalue weighted by Crippen LogP contribution is -2.10. The van der Waals surface area contributed by atoms with Crippen molar-refractivity contribution in [2.45, 2.75) is 12.1 Å². The number of hydrogen-bond acceptors (Lipinski definition) is 6. The molecule has 0 atom stereocenters. The number of nitrogens with two attached hydrogens (primary N) is 1. The largest absolute Gasteiger partial charge is 0.370 e. The minimum atomic E-state index is 0.621. The Bertz CT molecular complexity index is 255. The molecule has 13 heavy (non-hydrogen) atoms. The molecule has 5 nitrogen and oxygen atoms in total. The van der Waals surface area contributed by atoms with E-state index in [0.717, 1.165) is 12.4 Å². The van der Waals surface area contributed by atoms with Crippen molar-refractivity contribution in [2.75, 3.05) is 23.5 Å². The second kappa shape index (κ2) is 4.88. The van der Waals surface area contributed by atoms with Gasteiger partial charge in [0.25, 0.3) is 0 Å². The van der Waals surface area contributed by atoms with Crippen LogP contribution in [0.5, 0.6) is 0 Å². The summed E-state index contributed by atoms with van der Waals surface area (Å²) in [6, 6.07) is 1.77. The Hall–Kier alpha value is -1.01. The number of aromatic nitrogens is 2. The Balaban J connectivity index is 2.93. The van der Waals surface area contributed by atoms with E-state index in [-0.39, 0.29) is 0 Å². The van der Waals surface area contributed by atoms with Crippen molar-refractivity contribution in [3.63, 3.8) is 0 Å². The zero-order valence-electron chi connectivity index (χ0n) is 7.66. The molecular weight excluding hydrogens is 186 g/mol. The average molecular weight is 199 g/mol. The van der Waals surface area contributed by atoms with Gasteiger partial charge in [0.1, 0.15) is 11.6 Å². The van der Waals surface area contributed by atoms with Gasteiger partial charge in [-0.2, -0.15) is 0 Å². The highest BCUT2D eigenvalue weighted by atomic mass is 32.2. The fourth-order valence-corrected chi connectivity index (χ4v) is 1.24. The van der Waals surface area contributed by atoms with Crippen LogP contribution in [-0.4, -0.2) is 22.8 Å². The number of thioether (sulfide) groups is 1. The number of anilines is 2. The van der Waals surface area contributed by atoms with E-state index in [1.807, 2.05) is 13.2 Å².